The molecule has 1 N–H and O–H groups in total. The number of carboxylic acids is 1. The molecule has 8 nitrogen and oxygen atoms in total. The Labute approximate surface area is 155 Å². The highest BCUT2D eigenvalue weighted by Gasteiger charge is 2.32. The summed E-state index contributed by atoms with van der Waals surface area (Å²) in [5.41, 5.74) is 0.187. The summed E-state index contributed by atoms with van der Waals surface area (Å²) in [7, 11) is 0. The van der Waals surface area contributed by atoms with Gasteiger partial charge in [-0.1, -0.05) is 36.4 Å². The summed E-state index contributed by atoms with van der Waals surface area (Å²) in [6, 6.07) is 8.15. The highest BCUT2D eigenvalue weighted by molar-refractivity contribution is 5.87. The van der Waals surface area contributed by atoms with E-state index in [4.69, 9.17) is 4.74 Å². The summed E-state index contributed by atoms with van der Waals surface area (Å²) in [6.07, 6.45) is 2.69. The van der Waals surface area contributed by atoms with E-state index >= 15 is 0 Å². The standard InChI is InChI=1S/C19H19N3O5/c1-2-10-21(19(26)27-12-13-6-4-3-5-7-13)15-11-20-16-9-8-14(18(24)25)22(16)17(15)23/h2-7,11,14H,1,8-10,12H2,(H,24,25)/t14-/m0/s1. The van der Waals surface area contributed by atoms with Gasteiger partial charge in [0.2, 0.25) is 0 Å². The van der Waals surface area contributed by atoms with E-state index in [0.717, 1.165) is 15.0 Å². The molecule has 1 aliphatic rings. The summed E-state index contributed by atoms with van der Waals surface area (Å²) in [5, 5.41) is 9.33. The maximum Gasteiger partial charge on any atom is 0.415 e. The van der Waals surface area contributed by atoms with Gasteiger partial charge in [-0.3, -0.25) is 14.3 Å². The van der Waals surface area contributed by atoms with Crippen molar-refractivity contribution in [1.29, 1.82) is 0 Å². The van der Waals surface area contributed by atoms with Crippen molar-refractivity contribution in [2.24, 2.45) is 0 Å². The van der Waals surface area contributed by atoms with Crippen LogP contribution in [0.4, 0.5) is 10.5 Å². The smallest absolute Gasteiger partial charge is 0.415 e. The zero-order chi connectivity index (χ0) is 19.4. The van der Waals surface area contributed by atoms with Crippen molar-refractivity contribution in [3.8, 4) is 0 Å². The van der Waals surface area contributed by atoms with E-state index in [1.807, 2.05) is 30.3 Å². The Morgan fingerprint density at radius 3 is 2.78 bits per heavy atom. The number of carboxylic acid groups (broad SMARTS) is 1. The highest BCUT2D eigenvalue weighted by Crippen LogP contribution is 2.24. The average molecular weight is 369 g/mol. The number of carbonyl (C=O) groups excluding carboxylic acids is 1. The van der Waals surface area contributed by atoms with Crippen molar-refractivity contribution in [2.45, 2.75) is 25.5 Å². The van der Waals surface area contributed by atoms with Gasteiger partial charge < -0.3 is 9.84 Å². The molecule has 0 radical (unpaired) electrons. The summed E-state index contributed by atoms with van der Waals surface area (Å²) >= 11 is 0. The van der Waals surface area contributed by atoms with E-state index in [-0.39, 0.29) is 18.8 Å². The Bertz CT molecular complexity index is 923. The van der Waals surface area contributed by atoms with Crippen LogP contribution in [-0.2, 0) is 22.6 Å². The second-order valence-corrected chi connectivity index (χ2v) is 6.07. The molecule has 3 rings (SSSR count). The van der Waals surface area contributed by atoms with Gasteiger partial charge in [0.25, 0.3) is 5.56 Å². The molecule has 2 aromatic rings. The van der Waals surface area contributed by atoms with Gasteiger partial charge in [-0.05, 0) is 12.0 Å². The predicted molar refractivity (Wildman–Crippen MR) is 97.7 cm³/mol. The maximum atomic E-state index is 12.8. The van der Waals surface area contributed by atoms with Crippen molar-refractivity contribution < 1.29 is 19.4 Å². The lowest BCUT2D eigenvalue weighted by atomic mass is 10.2. The van der Waals surface area contributed by atoms with E-state index in [0.29, 0.717) is 18.7 Å². The largest absolute Gasteiger partial charge is 0.480 e. The first-order chi connectivity index (χ1) is 13.0. The van der Waals surface area contributed by atoms with E-state index in [9.17, 15) is 19.5 Å². The average Bonchev–Trinajstić information content (AvgIpc) is 3.11. The molecule has 140 valence electrons. The number of fused-ring (bicyclic) bond motifs is 1. The van der Waals surface area contributed by atoms with Gasteiger partial charge in [0.05, 0.1) is 6.20 Å². The van der Waals surface area contributed by atoms with Crippen LogP contribution in [0.25, 0.3) is 0 Å². The van der Waals surface area contributed by atoms with Crippen molar-refractivity contribution >= 4 is 17.7 Å². The number of aromatic nitrogens is 2. The Hall–Kier alpha value is -3.42. The van der Waals surface area contributed by atoms with Crippen molar-refractivity contribution in [1.82, 2.24) is 9.55 Å². The van der Waals surface area contributed by atoms with Crippen LogP contribution in [0.3, 0.4) is 0 Å². The highest BCUT2D eigenvalue weighted by atomic mass is 16.6. The van der Waals surface area contributed by atoms with Crippen LogP contribution in [0.1, 0.15) is 23.9 Å². The third-order valence-electron chi connectivity index (χ3n) is 4.32. The monoisotopic (exact) mass is 369 g/mol. The molecule has 1 atom stereocenters. The van der Waals surface area contributed by atoms with Crippen molar-refractivity contribution in [3.05, 3.63) is 70.9 Å². The predicted octanol–water partition coefficient (Wildman–Crippen LogP) is 2.14. The van der Waals surface area contributed by atoms with Gasteiger partial charge >= 0.3 is 12.1 Å². The number of amides is 1. The van der Waals surface area contributed by atoms with Crippen molar-refractivity contribution in [2.75, 3.05) is 11.4 Å². The summed E-state index contributed by atoms with van der Waals surface area (Å²) in [4.78, 5) is 42.1. The second-order valence-electron chi connectivity index (χ2n) is 6.07. The SMILES string of the molecule is C=CCN(C(=O)OCc1ccccc1)c1cnc2n(c1=O)[C@H](C(=O)O)CC2. The van der Waals surface area contributed by atoms with E-state index in [1.165, 1.54) is 12.3 Å². The number of carbonyl (C=O) groups is 2. The lowest BCUT2D eigenvalue weighted by Crippen LogP contribution is -2.39. The third-order valence-corrected chi connectivity index (χ3v) is 4.32. The molecule has 8 heteroatoms. The Balaban J connectivity index is 1.88. The number of benzene rings is 1. The molecule has 27 heavy (non-hydrogen) atoms. The Morgan fingerprint density at radius 1 is 1.37 bits per heavy atom. The molecule has 1 aliphatic heterocycles. The maximum absolute atomic E-state index is 12.8. The molecular formula is C19H19N3O5. The number of hydrogen-bond acceptors (Lipinski definition) is 5. The minimum atomic E-state index is -1.10. The van der Waals surface area contributed by atoms with Crippen LogP contribution in [0.15, 0.2) is 54.0 Å². The molecule has 0 aliphatic carbocycles. The summed E-state index contributed by atoms with van der Waals surface area (Å²) < 4.78 is 6.43. The molecule has 1 amide bonds. The van der Waals surface area contributed by atoms with Gasteiger partial charge in [-0.25, -0.2) is 14.6 Å². The first kappa shape index (κ1) is 18.4. The number of rotatable bonds is 6. The van der Waals surface area contributed by atoms with Crippen molar-refractivity contribution in [3.63, 3.8) is 0 Å². The molecule has 0 fully saturated rings. The number of ether oxygens (including phenoxy) is 1. The zero-order valence-corrected chi connectivity index (χ0v) is 14.6. The second kappa shape index (κ2) is 7.86. The topological polar surface area (TPSA) is 102 Å². The molecular weight excluding hydrogens is 350 g/mol. The lowest BCUT2D eigenvalue weighted by Gasteiger charge is -2.21. The molecule has 1 aromatic heterocycles. The lowest BCUT2D eigenvalue weighted by molar-refractivity contribution is -0.140. The molecule has 0 unspecified atom stereocenters. The van der Waals surface area contributed by atoms with Gasteiger partial charge in [0.15, 0.2) is 0 Å². The number of hydrogen-bond donors (Lipinski definition) is 1. The van der Waals surface area contributed by atoms with Crippen LogP contribution in [-0.4, -0.2) is 33.3 Å². The fourth-order valence-electron chi connectivity index (χ4n) is 3.01. The van der Waals surface area contributed by atoms with Crippen LogP contribution < -0.4 is 10.5 Å². The minimum absolute atomic E-state index is 0.0294. The molecule has 1 aromatic carbocycles. The van der Waals surface area contributed by atoms with Gasteiger partial charge in [0, 0.05) is 13.0 Å². The number of aliphatic carboxylic acids is 1. The zero-order valence-electron chi connectivity index (χ0n) is 14.6. The fraction of sp³-hybridized carbons (Fsp3) is 0.263. The summed E-state index contributed by atoms with van der Waals surface area (Å²) in [6.45, 7) is 3.67. The van der Waals surface area contributed by atoms with Crippen LogP contribution in [0, 0.1) is 0 Å². The Kier molecular flexibility index (Phi) is 5.35. The molecule has 0 saturated carbocycles. The minimum Gasteiger partial charge on any atom is -0.480 e. The van der Waals surface area contributed by atoms with Crippen LogP contribution in [0.2, 0.25) is 0 Å². The first-order valence-electron chi connectivity index (χ1n) is 8.45. The van der Waals surface area contributed by atoms with E-state index < -0.39 is 23.7 Å². The van der Waals surface area contributed by atoms with Crippen LogP contribution >= 0.6 is 0 Å². The molecule has 0 bridgehead atoms. The van der Waals surface area contributed by atoms with Gasteiger partial charge in [-0.15, -0.1) is 6.58 Å². The number of nitrogens with zero attached hydrogens (tertiary/aromatic N) is 3. The molecule has 0 spiro atoms. The quantitative estimate of drug-likeness (QED) is 0.783. The Morgan fingerprint density at radius 2 is 2.11 bits per heavy atom. The number of aryl methyl sites for hydroxylation is 1. The third kappa shape index (κ3) is 3.74. The first-order valence-corrected chi connectivity index (χ1v) is 8.45. The normalized spacial score (nSPS) is 15.0. The number of anilines is 1. The van der Waals surface area contributed by atoms with E-state index in [2.05, 4.69) is 11.6 Å². The van der Waals surface area contributed by atoms with Gasteiger partial charge in [-0.2, -0.15) is 0 Å². The fourth-order valence-corrected chi connectivity index (χ4v) is 3.01. The van der Waals surface area contributed by atoms with E-state index in [1.54, 1.807) is 0 Å². The van der Waals surface area contributed by atoms with Crippen LogP contribution in [0.5, 0.6) is 0 Å². The molecule has 0 saturated heterocycles. The van der Waals surface area contributed by atoms with Gasteiger partial charge in [0.1, 0.15) is 24.2 Å². The molecule has 2 heterocycles. The summed E-state index contributed by atoms with van der Waals surface area (Å²) in [5.74, 6) is -0.705.